The zero-order chi connectivity index (χ0) is 19.7. The van der Waals surface area contributed by atoms with Crippen molar-refractivity contribution in [3.05, 3.63) is 53.3 Å². The van der Waals surface area contributed by atoms with Crippen LogP contribution in [0.5, 0.6) is 0 Å². The number of esters is 1. The molecular formula is C19H19ClN4O4. The Morgan fingerprint density at radius 2 is 2.18 bits per heavy atom. The number of rotatable bonds is 6. The van der Waals surface area contributed by atoms with E-state index < -0.39 is 18.2 Å². The molecule has 28 heavy (non-hydrogen) atoms. The highest BCUT2D eigenvalue weighted by Gasteiger charge is 2.42. The number of carbonyl (C=O) groups is 1. The molecule has 0 aliphatic carbocycles. The summed E-state index contributed by atoms with van der Waals surface area (Å²) in [6, 6.07) is 10.8. The highest BCUT2D eigenvalue weighted by molar-refractivity contribution is 6.30. The first kappa shape index (κ1) is 18.7. The Morgan fingerprint density at radius 3 is 2.89 bits per heavy atom. The van der Waals surface area contributed by atoms with E-state index in [1.165, 1.54) is 0 Å². The summed E-state index contributed by atoms with van der Waals surface area (Å²) in [4.78, 5) is 17.2. The van der Waals surface area contributed by atoms with Gasteiger partial charge in [0.1, 0.15) is 5.82 Å². The average molecular weight is 403 g/mol. The number of benzene rings is 1. The SMILES string of the molecule is CCOC(=O)C(c1cc(Nc2cccc(Cl)c2)nc2ccnn12)C1OC(C)O1. The average Bonchev–Trinajstić information content (AvgIpc) is 3.09. The summed E-state index contributed by atoms with van der Waals surface area (Å²) in [6.45, 7) is 3.77. The van der Waals surface area contributed by atoms with Crippen molar-refractivity contribution in [3.63, 3.8) is 0 Å². The van der Waals surface area contributed by atoms with Crippen molar-refractivity contribution in [3.8, 4) is 0 Å². The maximum atomic E-state index is 12.7. The van der Waals surface area contributed by atoms with Crippen LogP contribution in [0.3, 0.4) is 0 Å². The molecule has 0 bridgehead atoms. The summed E-state index contributed by atoms with van der Waals surface area (Å²) in [5, 5.41) is 8.10. The second-order valence-corrected chi connectivity index (χ2v) is 6.68. The van der Waals surface area contributed by atoms with Gasteiger partial charge in [0.2, 0.25) is 0 Å². The number of fused-ring (bicyclic) bond motifs is 1. The lowest BCUT2D eigenvalue weighted by molar-refractivity contribution is -0.380. The molecule has 0 spiro atoms. The fourth-order valence-electron chi connectivity index (χ4n) is 3.08. The predicted octanol–water partition coefficient (Wildman–Crippen LogP) is 3.49. The molecule has 1 aliphatic heterocycles. The molecule has 9 heteroatoms. The maximum absolute atomic E-state index is 12.7. The van der Waals surface area contributed by atoms with Gasteiger partial charge in [0.15, 0.2) is 24.1 Å². The number of ether oxygens (including phenoxy) is 3. The van der Waals surface area contributed by atoms with Crippen LogP contribution in [0.15, 0.2) is 42.6 Å². The third-order valence-corrected chi connectivity index (χ3v) is 4.50. The third-order valence-electron chi connectivity index (χ3n) is 4.27. The lowest BCUT2D eigenvalue weighted by Gasteiger charge is -2.37. The van der Waals surface area contributed by atoms with E-state index in [1.54, 1.807) is 48.8 Å². The van der Waals surface area contributed by atoms with Gasteiger partial charge in [-0.3, -0.25) is 4.79 Å². The van der Waals surface area contributed by atoms with Crippen molar-refractivity contribution >= 4 is 34.7 Å². The molecule has 4 rings (SSSR count). The predicted molar refractivity (Wildman–Crippen MR) is 103 cm³/mol. The van der Waals surface area contributed by atoms with Gasteiger partial charge in [-0.05, 0) is 32.0 Å². The highest BCUT2D eigenvalue weighted by atomic mass is 35.5. The number of nitrogens with zero attached hydrogens (tertiary/aromatic N) is 3. The van der Waals surface area contributed by atoms with Crippen LogP contribution in [0.25, 0.3) is 5.65 Å². The van der Waals surface area contributed by atoms with E-state index in [0.29, 0.717) is 22.2 Å². The molecule has 3 heterocycles. The molecule has 1 atom stereocenters. The summed E-state index contributed by atoms with van der Waals surface area (Å²) in [6.07, 6.45) is 0.492. The summed E-state index contributed by atoms with van der Waals surface area (Å²) >= 11 is 6.06. The second kappa shape index (κ2) is 7.75. The third kappa shape index (κ3) is 3.66. The van der Waals surface area contributed by atoms with E-state index in [-0.39, 0.29) is 12.9 Å². The van der Waals surface area contributed by atoms with Gasteiger partial charge in [0, 0.05) is 22.8 Å². The van der Waals surface area contributed by atoms with Crippen LogP contribution in [0, 0.1) is 0 Å². The van der Waals surface area contributed by atoms with Crippen LogP contribution in [-0.4, -0.2) is 39.8 Å². The Morgan fingerprint density at radius 1 is 1.36 bits per heavy atom. The van der Waals surface area contributed by atoms with Crippen LogP contribution < -0.4 is 5.32 Å². The number of nitrogens with one attached hydrogen (secondary N) is 1. The smallest absolute Gasteiger partial charge is 0.320 e. The Kier molecular flexibility index (Phi) is 5.17. The molecule has 1 aromatic carbocycles. The van der Waals surface area contributed by atoms with Gasteiger partial charge in [-0.1, -0.05) is 17.7 Å². The molecule has 146 valence electrons. The van der Waals surface area contributed by atoms with Gasteiger partial charge in [0.05, 0.1) is 18.5 Å². The van der Waals surface area contributed by atoms with Crippen molar-refractivity contribution in [1.29, 1.82) is 0 Å². The normalized spacial score (nSPS) is 19.8. The quantitative estimate of drug-likeness (QED) is 0.631. The first-order valence-corrected chi connectivity index (χ1v) is 9.28. The van der Waals surface area contributed by atoms with Gasteiger partial charge in [-0.15, -0.1) is 0 Å². The summed E-state index contributed by atoms with van der Waals surface area (Å²) < 4.78 is 18.0. The Labute approximate surface area is 166 Å². The molecule has 1 N–H and O–H groups in total. The molecule has 8 nitrogen and oxygen atoms in total. The number of hydrogen-bond acceptors (Lipinski definition) is 7. The van der Waals surface area contributed by atoms with Gasteiger partial charge in [0.25, 0.3) is 0 Å². The summed E-state index contributed by atoms with van der Waals surface area (Å²) in [5.41, 5.74) is 1.89. The first-order chi connectivity index (χ1) is 13.5. The number of carbonyl (C=O) groups excluding carboxylic acids is 1. The number of halogens is 1. The molecule has 0 saturated carbocycles. The highest BCUT2D eigenvalue weighted by Crippen LogP contribution is 2.33. The summed E-state index contributed by atoms with van der Waals surface area (Å²) in [7, 11) is 0. The van der Waals surface area contributed by atoms with Crippen LogP contribution in [0.4, 0.5) is 11.5 Å². The fraction of sp³-hybridized carbons (Fsp3) is 0.316. The van der Waals surface area contributed by atoms with Crippen molar-refractivity contribution in [2.75, 3.05) is 11.9 Å². The Bertz CT molecular complexity index is 1000. The molecule has 0 radical (unpaired) electrons. The van der Waals surface area contributed by atoms with Crippen LogP contribution in [-0.2, 0) is 19.0 Å². The monoisotopic (exact) mass is 402 g/mol. The van der Waals surface area contributed by atoms with E-state index in [9.17, 15) is 4.79 Å². The van der Waals surface area contributed by atoms with Gasteiger partial charge in [-0.2, -0.15) is 5.10 Å². The maximum Gasteiger partial charge on any atom is 0.320 e. The molecule has 1 fully saturated rings. The largest absolute Gasteiger partial charge is 0.465 e. The van der Waals surface area contributed by atoms with E-state index >= 15 is 0 Å². The first-order valence-electron chi connectivity index (χ1n) is 8.90. The molecule has 1 aliphatic rings. The Hall–Kier alpha value is -2.68. The second-order valence-electron chi connectivity index (χ2n) is 6.24. The van der Waals surface area contributed by atoms with Crippen LogP contribution in [0.1, 0.15) is 25.5 Å². The Balaban J connectivity index is 1.75. The zero-order valence-corrected chi connectivity index (χ0v) is 16.1. The van der Waals surface area contributed by atoms with Gasteiger partial charge >= 0.3 is 5.97 Å². The minimum absolute atomic E-state index is 0.249. The summed E-state index contributed by atoms with van der Waals surface area (Å²) in [5.74, 6) is -0.718. The molecular weight excluding hydrogens is 384 g/mol. The minimum Gasteiger partial charge on any atom is -0.465 e. The van der Waals surface area contributed by atoms with Crippen LogP contribution >= 0.6 is 11.6 Å². The standard InChI is InChI=1S/C19H19ClN4O4/c1-3-26-18(25)17(19-27-11(2)28-19)14-10-15(23-16-7-8-21-24(14)16)22-13-6-4-5-12(20)9-13/h4-11,17,19H,3H2,1-2H3,(H,22,23). The number of hydrogen-bond donors (Lipinski definition) is 1. The van der Waals surface area contributed by atoms with Crippen LogP contribution in [0.2, 0.25) is 5.02 Å². The van der Waals surface area contributed by atoms with Crippen molar-refractivity contribution < 1.29 is 19.0 Å². The lowest BCUT2D eigenvalue weighted by Crippen LogP contribution is -2.46. The van der Waals surface area contributed by atoms with Crippen molar-refractivity contribution in [2.24, 2.45) is 0 Å². The van der Waals surface area contributed by atoms with Gasteiger partial charge < -0.3 is 19.5 Å². The number of aromatic nitrogens is 3. The molecule has 2 aromatic heterocycles. The molecule has 3 aromatic rings. The number of anilines is 2. The lowest BCUT2D eigenvalue weighted by atomic mass is 10.0. The molecule has 1 saturated heterocycles. The van der Waals surface area contributed by atoms with E-state index in [2.05, 4.69) is 15.4 Å². The van der Waals surface area contributed by atoms with Crippen molar-refractivity contribution in [1.82, 2.24) is 14.6 Å². The van der Waals surface area contributed by atoms with Crippen molar-refractivity contribution in [2.45, 2.75) is 32.3 Å². The van der Waals surface area contributed by atoms with E-state index in [1.807, 2.05) is 12.1 Å². The zero-order valence-electron chi connectivity index (χ0n) is 15.3. The molecule has 1 unspecified atom stereocenters. The van der Waals surface area contributed by atoms with Gasteiger partial charge in [-0.25, -0.2) is 9.50 Å². The topological polar surface area (TPSA) is 87.0 Å². The minimum atomic E-state index is -0.804. The van der Waals surface area contributed by atoms with E-state index in [4.69, 9.17) is 25.8 Å². The van der Waals surface area contributed by atoms with E-state index in [0.717, 1.165) is 5.69 Å². The fourth-order valence-corrected chi connectivity index (χ4v) is 3.28. The molecule has 0 amide bonds.